The van der Waals surface area contributed by atoms with E-state index < -0.39 is 0 Å². The van der Waals surface area contributed by atoms with Crippen LogP contribution in [0.4, 0.5) is 0 Å². The third-order valence-corrected chi connectivity index (χ3v) is 3.52. The summed E-state index contributed by atoms with van der Waals surface area (Å²) >= 11 is 6.15. The number of aromatic nitrogens is 2. The van der Waals surface area contributed by atoms with Crippen LogP contribution >= 0.6 is 11.6 Å². The highest BCUT2D eigenvalue weighted by Gasteiger charge is 2.17. The molecule has 0 atom stereocenters. The number of hydrogen-bond donors (Lipinski definition) is 0. The van der Waals surface area contributed by atoms with Crippen LogP contribution in [0.1, 0.15) is 36.2 Å². The molecule has 0 aliphatic rings. The number of hydrogen-bond acceptors (Lipinski definition) is 4. The summed E-state index contributed by atoms with van der Waals surface area (Å²) in [5.74, 6) is 0.677. The van der Waals surface area contributed by atoms with Crippen LogP contribution in [0.5, 0.6) is 11.6 Å². The molecule has 1 heterocycles. The molecule has 0 radical (unpaired) electrons. The third kappa shape index (κ3) is 3.14. The van der Waals surface area contributed by atoms with E-state index >= 15 is 0 Å². The van der Waals surface area contributed by atoms with Gasteiger partial charge in [-0.2, -0.15) is 10.4 Å². The van der Waals surface area contributed by atoms with Crippen molar-refractivity contribution in [2.45, 2.75) is 33.6 Å². The van der Waals surface area contributed by atoms with Gasteiger partial charge in [-0.3, -0.25) is 0 Å². The number of benzene rings is 1. The Balaban J connectivity index is 2.47. The molecule has 0 fully saturated rings. The predicted molar refractivity (Wildman–Crippen MR) is 81.8 cm³/mol. The number of nitriles is 1. The van der Waals surface area contributed by atoms with E-state index in [0.29, 0.717) is 22.8 Å². The fourth-order valence-electron chi connectivity index (χ4n) is 2.13. The zero-order chi connectivity index (χ0) is 15.4. The van der Waals surface area contributed by atoms with Crippen LogP contribution in [0.3, 0.4) is 0 Å². The first-order valence-corrected chi connectivity index (χ1v) is 7.21. The van der Waals surface area contributed by atoms with Crippen LogP contribution in [-0.2, 0) is 12.8 Å². The molecule has 108 valence electrons. The van der Waals surface area contributed by atoms with Crippen molar-refractivity contribution in [1.29, 1.82) is 5.26 Å². The van der Waals surface area contributed by atoms with Gasteiger partial charge >= 0.3 is 0 Å². The maximum absolute atomic E-state index is 9.41. The van der Waals surface area contributed by atoms with Crippen LogP contribution in [0.25, 0.3) is 0 Å². The molecule has 21 heavy (non-hydrogen) atoms. The van der Waals surface area contributed by atoms with E-state index in [2.05, 4.69) is 16.3 Å². The quantitative estimate of drug-likeness (QED) is 0.848. The Kier molecular flexibility index (Phi) is 4.77. The molecule has 0 bridgehead atoms. The van der Waals surface area contributed by atoms with Crippen molar-refractivity contribution in [3.63, 3.8) is 0 Å². The molecule has 5 heteroatoms. The first kappa shape index (κ1) is 15.3. The summed E-state index contributed by atoms with van der Waals surface area (Å²) in [4.78, 5) is 0. The Morgan fingerprint density at radius 2 is 2.00 bits per heavy atom. The van der Waals surface area contributed by atoms with Crippen molar-refractivity contribution < 1.29 is 4.74 Å². The van der Waals surface area contributed by atoms with Crippen molar-refractivity contribution in [2.24, 2.45) is 0 Å². The predicted octanol–water partition coefficient (Wildman–Crippen LogP) is 4.23. The molecule has 0 unspecified atom stereocenters. The van der Waals surface area contributed by atoms with E-state index in [1.807, 2.05) is 26.8 Å². The molecule has 0 amide bonds. The number of aryl methyl sites for hydroxylation is 2. The van der Waals surface area contributed by atoms with E-state index in [-0.39, 0.29) is 5.88 Å². The maximum atomic E-state index is 9.41. The van der Waals surface area contributed by atoms with Crippen LogP contribution in [0.15, 0.2) is 18.2 Å². The summed E-state index contributed by atoms with van der Waals surface area (Å²) in [6.45, 7) is 5.92. The molecule has 0 N–H and O–H groups in total. The molecule has 0 aliphatic carbocycles. The molecule has 0 saturated heterocycles. The Labute approximate surface area is 129 Å². The summed E-state index contributed by atoms with van der Waals surface area (Å²) in [5, 5.41) is 18.1. The summed E-state index contributed by atoms with van der Waals surface area (Å²) in [5.41, 5.74) is 3.18. The molecular weight excluding hydrogens is 286 g/mol. The van der Waals surface area contributed by atoms with Crippen molar-refractivity contribution >= 4 is 11.6 Å². The molecule has 2 rings (SSSR count). The first-order chi connectivity index (χ1) is 10.1. The molecule has 1 aromatic heterocycles. The smallest absolute Gasteiger partial charge is 0.257 e. The van der Waals surface area contributed by atoms with Gasteiger partial charge in [0.25, 0.3) is 5.88 Å². The van der Waals surface area contributed by atoms with Gasteiger partial charge in [0.05, 0.1) is 10.7 Å². The standard InChI is InChI=1S/C16H16ClN3O/c1-4-11-12(9-18)16(20-19-14(11)5-2)21-15-7-6-10(3)8-13(15)17/h6-8H,4-5H2,1-3H3. The van der Waals surface area contributed by atoms with E-state index in [4.69, 9.17) is 16.3 Å². The normalized spacial score (nSPS) is 10.2. The number of rotatable bonds is 4. The van der Waals surface area contributed by atoms with E-state index in [1.165, 1.54) is 0 Å². The lowest BCUT2D eigenvalue weighted by molar-refractivity contribution is 0.451. The van der Waals surface area contributed by atoms with Crippen LogP contribution in [0, 0.1) is 18.3 Å². The monoisotopic (exact) mass is 301 g/mol. The Hall–Kier alpha value is -2.12. The van der Waals surface area contributed by atoms with Gasteiger partial charge in [0.2, 0.25) is 0 Å². The highest BCUT2D eigenvalue weighted by atomic mass is 35.5. The second-order valence-electron chi connectivity index (χ2n) is 4.66. The minimum atomic E-state index is 0.206. The molecule has 1 aromatic carbocycles. The van der Waals surface area contributed by atoms with Gasteiger partial charge in [-0.15, -0.1) is 5.10 Å². The molecule has 4 nitrogen and oxygen atoms in total. The second kappa shape index (κ2) is 6.55. The highest BCUT2D eigenvalue weighted by molar-refractivity contribution is 6.32. The van der Waals surface area contributed by atoms with Gasteiger partial charge in [0.15, 0.2) is 0 Å². The highest BCUT2D eigenvalue weighted by Crippen LogP contribution is 2.31. The summed E-state index contributed by atoms with van der Waals surface area (Å²) in [6, 6.07) is 7.63. The molecule has 0 saturated carbocycles. The maximum Gasteiger partial charge on any atom is 0.257 e. The first-order valence-electron chi connectivity index (χ1n) is 6.83. The average Bonchev–Trinajstić information content (AvgIpc) is 2.49. The van der Waals surface area contributed by atoms with Gasteiger partial charge < -0.3 is 4.74 Å². The number of nitrogens with zero attached hydrogens (tertiary/aromatic N) is 3. The zero-order valence-corrected chi connectivity index (χ0v) is 13.0. The Morgan fingerprint density at radius 3 is 2.57 bits per heavy atom. The van der Waals surface area contributed by atoms with Gasteiger partial charge in [-0.05, 0) is 43.0 Å². The lowest BCUT2D eigenvalue weighted by atomic mass is 10.0. The molecular formula is C16H16ClN3O. The van der Waals surface area contributed by atoms with Gasteiger partial charge in [0, 0.05) is 0 Å². The average molecular weight is 302 g/mol. The summed E-state index contributed by atoms with van der Waals surface area (Å²) in [7, 11) is 0. The van der Waals surface area contributed by atoms with Crippen molar-refractivity contribution in [2.75, 3.05) is 0 Å². The van der Waals surface area contributed by atoms with Gasteiger partial charge in [-0.25, -0.2) is 0 Å². The summed E-state index contributed by atoms with van der Waals surface area (Å²) < 4.78 is 5.70. The Morgan fingerprint density at radius 1 is 1.24 bits per heavy atom. The van der Waals surface area contributed by atoms with Crippen molar-refractivity contribution in [3.8, 4) is 17.7 Å². The SMILES string of the molecule is CCc1nnc(Oc2ccc(C)cc2Cl)c(C#N)c1CC. The third-order valence-electron chi connectivity index (χ3n) is 3.22. The second-order valence-corrected chi connectivity index (χ2v) is 5.07. The van der Waals surface area contributed by atoms with E-state index in [1.54, 1.807) is 12.1 Å². The molecule has 2 aromatic rings. The zero-order valence-electron chi connectivity index (χ0n) is 12.3. The minimum Gasteiger partial charge on any atom is -0.435 e. The van der Waals surface area contributed by atoms with Crippen molar-refractivity contribution in [3.05, 3.63) is 45.6 Å². The van der Waals surface area contributed by atoms with Gasteiger partial charge in [-0.1, -0.05) is 31.5 Å². The number of ether oxygens (including phenoxy) is 1. The van der Waals surface area contributed by atoms with Crippen molar-refractivity contribution in [1.82, 2.24) is 10.2 Å². The fourth-order valence-corrected chi connectivity index (χ4v) is 2.41. The number of halogens is 1. The van der Waals surface area contributed by atoms with Gasteiger partial charge in [0.1, 0.15) is 17.4 Å². The van der Waals surface area contributed by atoms with Crippen LogP contribution in [-0.4, -0.2) is 10.2 Å². The van der Waals surface area contributed by atoms with Crippen LogP contribution in [0.2, 0.25) is 5.02 Å². The Bertz CT molecular complexity index is 707. The molecule has 0 spiro atoms. The fraction of sp³-hybridized carbons (Fsp3) is 0.312. The largest absolute Gasteiger partial charge is 0.435 e. The molecule has 0 aliphatic heterocycles. The lowest BCUT2D eigenvalue weighted by Gasteiger charge is -2.12. The lowest BCUT2D eigenvalue weighted by Crippen LogP contribution is -2.05. The van der Waals surface area contributed by atoms with Crippen LogP contribution < -0.4 is 4.74 Å². The van der Waals surface area contributed by atoms with E-state index in [0.717, 1.165) is 23.2 Å². The topological polar surface area (TPSA) is 58.8 Å². The minimum absolute atomic E-state index is 0.206. The van der Waals surface area contributed by atoms with E-state index in [9.17, 15) is 5.26 Å². The summed E-state index contributed by atoms with van der Waals surface area (Å²) in [6.07, 6.45) is 1.44.